The number of carbonyl (C=O) groups is 2. The van der Waals surface area contributed by atoms with E-state index in [2.05, 4.69) is 58.1 Å². The van der Waals surface area contributed by atoms with Gasteiger partial charge in [0, 0.05) is 71.9 Å². The molecule has 1 saturated heterocycles. The highest BCUT2D eigenvalue weighted by Crippen LogP contribution is 2.26. The fraction of sp³-hybridized carbons (Fsp3) is 0.379. The summed E-state index contributed by atoms with van der Waals surface area (Å²) in [5.41, 5.74) is 3.83. The number of piperazine rings is 1. The Hall–Kier alpha value is -3.83. The molecule has 1 aromatic heterocycles. The maximum absolute atomic E-state index is 12.2. The summed E-state index contributed by atoms with van der Waals surface area (Å²) in [5.74, 6) is 0.181. The lowest BCUT2D eigenvalue weighted by molar-refractivity contribution is -0.141. The number of aliphatic carboxylic acids is 1. The molecule has 0 saturated carbocycles. The Morgan fingerprint density at radius 1 is 0.975 bits per heavy atom. The van der Waals surface area contributed by atoms with E-state index < -0.39 is 5.97 Å². The molecule has 0 unspecified atom stereocenters. The third-order valence-electron chi connectivity index (χ3n) is 6.22. The van der Waals surface area contributed by atoms with E-state index in [1.165, 1.54) is 0 Å². The number of amides is 1. The van der Waals surface area contributed by atoms with Gasteiger partial charge in [0.2, 0.25) is 11.9 Å². The lowest BCUT2D eigenvalue weighted by Gasteiger charge is -2.36. The molecule has 3 aromatic rings. The number of anilines is 5. The van der Waals surface area contributed by atoms with Crippen molar-refractivity contribution < 1.29 is 14.7 Å². The SMILES string of the molecule is Cc1cnc(Nc2ccc(N3CCN(C(=O)CCC(=O)O)CC3)cc2)nc1Nc1cccc(SNC(C)(C)C)c1. The van der Waals surface area contributed by atoms with Crippen molar-refractivity contribution in [2.45, 2.75) is 51.0 Å². The van der Waals surface area contributed by atoms with Crippen LogP contribution >= 0.6 is 11.9 Å². The first-order valence-electron chi connectivity index (χ1n) is 13.3. The van der Waals surface area contributed by atoms with E-state index in [9.17, 15) is 9.59 Å². The average Bonchev–Trinajstić information content (AvgIpc) is 2.93. The number of rotatable bonds is 10. The van der Waals surface area contributed by atoms with Gasteiger partial charge in [0.1, 0.15) is 5.82 Å². The predicted octanol–water partition coefficient (Wildman–Crippen LogP) is 5.18. The van der Waals surface area contributed by atoms with Crippen molar-refractivity contribution in [3.8, 4) is 0 Å². The smallest absolute Gasteiger partial charge is 0.303 e. The molecule has 0 radical (unpaired) electrons. The van der Waals surface area contributed by atoms with Crippen LogP contribution in [-0.2, 0) is 9.59 Å². The number of benzene rings is 2. The maximum atomic E-state index is 12.2. The molecule has 2 heterocycles. The fourth-order valence-corrected chi connectivity index (χ4v) is 4.84. The van der Waals surface area contributed by atoms with Crippen LogP contribution < -0.4 is 20.3 Å². The van der Waals surface area contributed by atoms with Crippen molar-refractivity contribution in [3.05, 3.63) is 60.3 Å². The van der Waals surface area contributed by atoms with Crippen LogP contribution in [0.3, 0.4) is 0 Å². The van der Waals surface area contributed by atoms with E-state index in [1.54, 1.807) is 23.0 Å². The van der Waals surface area contributed by atoms with E-state index in [0.29, 0.717) is 32.1 Å². The highest BCUT2D eigenvalue weighted by molar-refractivity contribution is 7.97. The summed E-state index contributed by atoms with van der Waals surface area (Å²) in [6, 6.07) is 16.2. The minimum Gasteiger partial charge on any atom is -0.481 e. The van der Waals surface area contributed by atoms with E-state index >= 15 is 0 Å². The maximum Gasteiger partial charge on any atom is 0.303 e. The number of nitrogens with one attached hydrogen (secondary N) is 3. The summed E-state index contributed by atoms with van der Waals surface area (Å²) in [6.07, 6.45) is 1.72. The number of aromatic nitrogens is 2. The monoisotopic (exact) mass is 563 g/mol. The van der Waals surface area contributed by atoms with Gasteiger partial charge in [-0.15, -0.1) is 0 Å². The molecule has 1 aliphatic rings. The van der Waals surface area contributed by atoms with Crippen molar-refractivity contribution in [3.63, 3.8) is 0 Å². The third kappa shape index (κ3) is 8.59. The minimum atomic E-state index is -0.946. The summed E-state index contributed by atoms with van der Waals surface area (Å²) in [4.78, 5) is 37.2. The summed E-state index contributed by atoms with van der Waals surface area (Å²) >= 11 is 1.60. The van der Waals surface area contributed by atoms with Gasteiger partial charge in [-0.05, 0) is 82.1 Å². The van der Waals surface area contributed by atoms with Crippen LogP contribution in [0.25, 0.3) is 0 Å². The summed E-state index contributed by atoms with van der Waals surface area (Å²) in [6.45, 7) is 10.9. The van der Waals surface area contributed by atoms with Gasteiger partial charge in [-0.1, -0.05) is 6.07 Å². The molecular formula is C29H37N7O3S. The Kier molecular flexibility index (Phi) is 9.49. The van der Waals surface area contributed by atoms with E-state index in [4.69, 9.17) is 10.1 Å². The number of carboxylic acids is 1. The van der Waals surface area contributed by atoms with Crippen LogP contribution in [-0.4, -0.2) is 63.6 Å². The molecule has 212 valence electrons. The molecule has 0 atom stereocenters. The normalized spacial score (nSPS) is 13.7. The molecule has 4 rings (SSSR count). The number of carboxylic acid groups (broad SMARTS) is 1. The van der Waals surface area contributed by atoms with Gasteiger partial charge in [-0.3, -0.25) is 14.3 Å². The van der Waals surface area contributed by atoms with Crippen molar-refractivity contribution >= 4 is 52.7 Å². The molecule has 40 heavy (non-hydrogen) atoms. The molecule has 0 spiro atoms. The van der Waals surface area contributed by atoms with Crippen LogP contribution in [0, 0.1) is 6.92 Å². The average molecular weight is 564 g/mol. The topological polar surface area (TPSA) is 123 Å². The zero-order valence-electron chi connectivity index (χ0n) is 23.4. The van der Waals surface area contributed by atoms with Crippen LogP contribution in [0.2, 0.25) is 0 Å². The van der Waals surface area contributed by atoms with Crippen molar-refractivity contribution in [2.75, 3.05) is 41.7 Å². The lowest BCUT2D eigenvalue weighted by atomic mass is 10.1. The van der Waals surface area contributed by atoms with Crippen LogP contribution in [0.15, 0.2) is 59.6 Å². The number of carbonyl (C=O) groups excluding carboxylic acids is 1. The number of aryl methyl sites for hydroxylation is 1. The van der Waals surface area contributed by atoms with Crippen LogP contribution in [0.4, 0.5) is 28.8 Å². The second-order valence-electron chi connectivity index (χ2n) is 10.8. The molecule has 1 amide bonds. The molecular weight excluding hydrogens is 526 g/mol. The minimum absolute atomic E-state index is 0.00997. The zero-order valence-corrected chi connectivity index (χ0v) is 24.2. The molecule has 1 aliphatic heterocycles. The third-order valence-corrected chi connectivity index (χ3v) is 7.42. The quantitative estimate of drug-likeness (QED) is 0.245. The number of nitrogens with zero attached hydrogens (tertiary/aromatic N) is 4. The highest BCUT2D eigenvalue weighted by atomic mass is 32.2. The fourth-order valence-electron chi connectivity index (χ4n) is 4.09. The Balaban J connectivity index is 1.34. The van der Waals surface area contributed by atoms with Gasteiger partial charge in [0.15, 0.2) is 0 Å². The van der Waals surface area contributed by atoms with Gasteiger partial charge < -0.3 is 25.5 Å². The highest BCUT2D eigenvalue weighted by Gasteiger charge is 2.21. The summed E-state index contributed by atoms with van der Waals surface area (Å²) in [5, 5.41) is 15.5. The number of hydrogen-bond acceptors (Lipinski definition) is 9. The predicted molar refractivity (Wildman–Crippen MR) is 161 cm³/mol. The first kappa shape index (κ1) is 29.2. The second kappa shape index (κ2) is 13.0. The van der Waals surface area contributed by atoms with Gasteiger partial charge in [0.25, 0.3) is 0 Å². The van der Waals surface area contributed by atoms with Crippen LogP contribution in [0.5, 0.6) is 0 Å². The lowest BCUT2D eigenvalue weighted by Crippen LogP contribution is -2.48. The van der Waals surface area contributed by atoms with Gasteiger partial charge in [-0.25, -0.2) is 4.98 Å². The summed E-state index contributed by atoms with van der Waals surface area (Å²) < 4.78 is 3.43. The Labute approximate surface area is 239 Å². The first-order valence-corrected chi connectivity index (χ1v) is 14.1. The Bertz CT molecular complexity index is 1320. The molecule has 1 fully saturated rings. The summed E-state index contributed by atoms with van der Waals surface area (Å²) in [7, 11) is 0. The second-order valence-corrected chi connectivity index (χ2v) is 11.6. The molecule has 11 heteroatoms. The molecule has 0 aliphatic carbocycles. The Morgan fingerprint density at radius 2 is 1.70 bits per heavy atom. The largest absolute Gasteiger partial charge is 0.481 e. The Morgan fingerprint density at radius 3 is 2.38 bits per heavy atom. The molecule has 2 aromatic carbocycles. The number of hydrogen-bond donors (Lipinski definition) is 4. The van der Waals surface area contributed by atoms with E-state index in [-0.39, 0.29) is 24.3 Å². The molecule has 10 nitrogen and oxygen atoms in total. The van der Waals surface area contributed by atoms with Crippen molar-refractivity contribution in [1.29, 1.82) is 0 Å². The first-order chi connectivity index (χ1) is 19.1. The van der Waals surface area contributed by atoms with E-state index in [1.807, 2.05) is 43.3 Å². The van der Waals surface area contributed by atoms with Gasteiger partial charge in [0.05, 0.1) is 6.42 Å². The molecule has 4 N–H and O–H groups in total. The standard InChI is InChI=1S/C29H37N7O3S/c1-20-19-30-28(33-27(20)31-22-6-5-7-24(18-22)40-34-29(2,3)4)32-21-8-10-23(11-9-21)35-14-16-36(17-15-35)25(37)12-13-26(38)39/h5-11,18-19,34H,12-17H2,1-4H3,(H,38,39)(H2,30,31,32,33). The van der Waals surface area contributed by atoms with Gasteiger partial charge in [-0.2, -0.15) is 4.98 Å². The van der Waals surface area contributed by atoms with Crippen molar-refractivity contribution in [1.82, 2.24) is 19.6 Å². The van der Waals surface area contributed by atoms with Crippen molar-refractivity contribution in [2.24, 2.45) is 0 Å². The van der Waals surface area contributed by atoms with E-state index in [0.717, 1.165) is 33.3 Å². The zero-order chi connectivity index (χ0) is 28.7. The molecule has 0 bridgehead atoms. The van der Waals surface area contributed by atoms with Crippen LogP contribution in [0.1, 0.15) is 39.2 Å². The van der Waals surface area contributed by atoms with Gasteiger partial charge >= 0.3 is 5.97 Å².